The van der Waals surface area contributed by atoms with Crippen molar-refractivity contribution in [3.63, 3.8) is 0 Å². The van der Waals surface area contributed by atoms with Gasteiger partial charge in [0.25, 0.3) is 0 Å². The van der Waals surface area contributed by atoms with Crippen molar-refractivity contribution in [2.45, 2.75) is 26.3 Å². The number of phosphoric acid groups is 1. The van der Waals surface area contributed by atoms with Crippen molar-refractivity contribution < 1.29 is 26.4 Å². The van der Waals surface area contributed by atoms with Gasteiger partial charge < -0.3 is 0 Å². The fourth-order valence-corrected chi connectivity index (χ4v) is 4.49. The smallest absolute Gasteiger partial charge is 0.287 e. The Hall–Kier alpha value is -0.593. The predicted octanol–water partition coefficient (Wildman–Crippen LogP) is 3.86. The summed E-state index contributed by atoms with van der Waals surface area (Å²) in [5, 5.41) is 0.0998. The third-order valence-corrected chi connectivity index (χ3v) is 6.46. The lowest BCUT2D eigenvalue weighted by molar-refractivity contribution is 0.121. The first kappa shape index (κ1) is 18.5. The lowest BCUT2D eigenvalue weighted by Gasteiger charge is -2.17. The highest BCUT2D eigenvalue weighted by atomic mass is 31.2. The summed E-state index contributed by atoms with van der Waals surface area (Å²) in [4.78, 5) is 0. The van der Waals surface area contributed by atoms with Gasteiger partial charge in [0, 0.05) is 11.2 Å². The largest absolute Gasteiger partial charge is 0.474 e. The van der Waals surface area contributed by atoms with E-state index in [-0.39, 0.29) is 37.5 Å². The third-order valence-electron chi connectivity index (χ3n) is 2.66. The van der Waals surface area contributed by atoms with E-state index < -0.39 is 16.6 Å². The first-order valence-electron chi connectivity index (χ1n) is 6.90. The molecule has 0 unspecified atom stereocenters. The second kappa shape index (κ2) is 8.75. The normalized spacial score (nSPS) is 12.6. The molecular formula is C13H21F2O4PSi. The number of hydrogen-bond acceptors (Lipinski definition) is 4. The van der Waals surface area contributed by atoms with Gasteiger partial charge in [-0.25, -0.2) is 4.57 Å². The van der Waals surface area contributed by atoms with E-state index in [1.165, 1.54) is 12.1 Å². The molecule has 1 rings (SSSR count). The Morgan fingerprint density at radius 3 is 2.14 bits per heavy atom. The number of phosphoric ester groups is 1. The van der Waals surface area contributed by atoms with Crippen LogP contribution in [0.2, 0.25) is 6.04 Å². The molecule has 1 aromatic rings. The van der Waals surface area contributed by atoms with Gasteiger partial charge in [-0.15, -0.1) is 0 Å². The summed E-state index contributed by atoms with van der Waals surface area (Å²) >= 11 is 0. The van der Waals surface area contributed by atoms with Crippen LogP contribution in [0.1, 0.15) is 20.3 Å². The summed E-state index contributed by atoms with van der Waals surface area (Å²) in [6, 6.07) is 7.54. The average molecular weight is 338 g/mol. The first-order chi connectivity index (χ1) is 9.93. The van der Waals surface area contributed by atoms with Crippen molar-refractivity contribution in [3.8, 4) is 0 Å². The van der Waals surface area contributed by atoms with Crippen LogP contribution in [0.3, 0.4) is 0 Å². The van der Waals surface area contributed by atoms with E-state index in [1.807, 2.05) is 0 Å². The Labute approximate surface area is 125 Å². The fraction of sp³-hybridized carbons (Fsp3) is 0.538. The molecule has 0 aromatic heterocycles. The van der Waals surface area contributed by atoms with Crippen molar-refractivity contribution in [2.24, 2.45) is 0 Å². The molecule has 0 bridgehead atoms. The van der Waals surface area contributed by atoms with Crippen LogP contribution in [0.25, 0.3) is 0 Å². The van der Waals surface area contributed by atoms with Gasteiger partial charge in [0.05, 0.1) is 19.8 Å². The molecule has 0 amide bonds. The van der Waals surface area contributed by atoms with Gasteiger partial charge in [-0.05, 0) is 20.3 Å². The maximum Gasteiger partial charge on any atom is 0.474 e. The molecule has 0 fully saturated rings. The highest BCUT2D eigenvalue weighted by molar-refractivity contribution is 7.48. The minimum absolute atomic E-state index is 0.0767. The molecule has 4 nitrogen and oxygen atoms in total. The van der Waals surface area contributed by atoms with Gasteiger partial charge in [0.2, 0.25) is 0 Å². The summed E-state index contributed by atoms with van der Waals surface area (Å²) in [5.41, 5.74) is 0. The number of benzene rings is 1. The zero-order chi connectivity index (χ0) is 15.8. The van der Waals surface area contributed by atoms with E-state index in [2.05, 4.69) is 0 Å². The van der Waals surface area contributed by atoms with Crippen LogP contribution in [-0.2, 0) is 18.1 Å². The van der Waals surface area contributed by atoms with Gasteiger partial charge in [-0.1, -0.05) is 30.3 Å². The number of rotatable bonds is 10. The molecule has 8 heteroatoms. The summed E-state index contributed by atoms with van der Waals surface area (Å²) < 4.78 is 54.9. The van der Waals surface area contributed by atoms with Crippen LogP contribution in [0.5, 0.6) is 0 Å². The van der Waals surface area contributed by atoms with E-state index in [0.29, 0.717) is 0 Å². The zero-order valence-corrected chi connectivity index (χ0v) is 14.2. The van der Waals surface area contributed by atoms with Gasteiger partial charge in [-0.3, -0.25) is 21.8 Å². The summed E-state index contributed by atoms with van der Waals surface area (Å²) in [7, 11) is -8.07. The molecule has 0 spiro atoms. The highest BCUT2D eigenvalue weighted by Crippen LogP contribution is 2.49. The molecule has 0 aliphatic rings. The lowest BCUT2D eigenvalue weighted by atomic mass is 10.4. The second-order valence-electron chi connectivity index (χ2n) is 4.29. The van der Waals surface area contributed by atoms with Gasteiger partial charge in [-0.2, -0.15) is 0 Å². The molecule has 0 saturated carbocycles. The van der Waals surface area contributed by atoms with Gasteiger partial charge in [0.15, 0.2) is 0 Å². The second-order valence-corrected chi connectivity index (χ2v) is 8.45. The van der Waals surface area contributed by atoms with E-state index >= 15 is 0 Å². The Morgan fingerprint density at radius 1 is 1.05 bits per heavy atom. The molecule has 0 aliphatic carbocycles. The molecule has 0 heterocycles. The van der Waals surface area contributed by atoms with E-state index in [0.717, 1.165) is 0 Å². The molecule has 1 aromatic carbocycles. The van der Waals surface area contributed by atoms with Crippen molar-refractivity contribution in [3.05, 3.63) is 30.3 Å². The Morgan fingerprint density at radius 2 is 1.62 bits per heavy atom. The minimum atomic E-state index is -4.46. The molecule has 0 atom stereocenters. The summed E-state index contributed by atoms with van der Waals surface area (Å²) in [5.74, 6) is 0. The summed E-state index contributed by atoms with van der Waals surface area (Å²) in [6.07, 6.45) is 0.109. The SMILES string of the molecule is CCOP(=O)(OCC)OCCC[Si](F)(F)c1ccccc1. The van der Waals surface area contributed by atoms with E-state index in [9.17, 15) is 12.8 Å². The monoisotopic (exact) mass is 338 g/mol. The van der Waals surface area contributed by atoms with Gasteiger partial charge >= 0.3 is 16.6 Å². The Bertz CT molecular complexity index is 449. The summed E-state index contributed by atoms with van der Waals surface area (Å²) in [6.45, 7) is 3.59. The fourth-order valence-electron chi connectivity index (χ4n) is 1.72. The average Bonchev–Trinajstić information content (AvgIpc) is 2.45. The maximum absolute atomic E-state index is 14.0. The third kappa shape index (κ3) is 6.36. The van der Waals surface area contributed by atoms with Crippen LogP contribution >= 0.6 is 7.82 Å². The molecule has 0 radical (unpaired) electrons. The lowest BCUT2D eigenvalue weighted by Crippen LogP contribution is -2.38. The molecule has 0 aliphatic heterocycles. The van der Waals surface area contributed by atoms with Crippen LogP contribution < -0.4 is 5.19 Å². The number of hydrogen-bond donors (Lipinski definition) is 0. The first-order valence-corrected chi connectivity index (χ1v) is 10.3. The van der Waals surface area contributed by atoms with Crippen LogP contribution in [0, 0.1) is 0 Å². The highest BCUT2D eigenvalue weighted by Gasteiger charge is 2.37. The Balaban J connectivity index is 2.44. The van der Waals surface area contributed by atoms with Crippen LogP contribution in [0.4, 0.5) is 8.22 Å². The molecule has 0 N–H and O–H groups in total. The van der Waals surface area contributed by atoms with Crippen molar-refractivity contribution in [1.82, 2.24) is 0 Å². The minimum Gasteiger partial charge on any atom is -0.287 e. The number of halogens is 2. The molecule has 120 valence electrons. The van der Waals surface area contributed by atoms with Crippen molar-refractivity contribution >= 4 is 21.8 Å². The molecule has 21 heavy (non-hydrogen) atoms. The van der Waals surface area contributed by atoms with Crippen molar-refractivity contribution in [2.75, 3.05) is 19.8 Å². The van der Waals surface area contributed by atoms with E-state index in [4.69, 9.17) is 13.6 Å². The van der Waals surface area contributed by atoms with Crippen LogP contribution in [0.15, 0.2) is 30.3 Å². The Kier molecular flexibility index (Phi) is 7.69. The van der Waals surface area contributed by atoms with E-state index in [1.54, 1.807) is 32.0 Å². The molecule has 0 saturated heterocycles. The standard InChI is InChI=1S/C13H21F2O4PSi/c1-3-17-20(16,18-4-2)19-11-8-12-21(14,15)13-9-6-5-7-10-13/h5-7,9-10H,3-4,8,11-12H2,1-2H3. The predicted molar refractivity (Wildman–Crippen MR) is 80.3 cm³/mol. The van der Waals surface area contributed by atoms with Crippen LogP contribution in [-0.4, -0.2) is 28.6 Å². The van der Waals surface area contributed by atoms with Gasteiger partial charge in [0.1, 0.15) is 0 Å². The molecular weight excluding hydrogens is 317 g/mol. The maximum atomic E-state index is 14.0. The quantitative estimate of drug-likeness (QED) is 0.281. The zero-order valence-electron chi connectivity index (χ0n) is 12.3. The topological polar surface area (TPSA) is 44.8 Å². The van der Waals surface area contributed by atoms with Crippen molar-refractivity contribution in [1.29, 1.82) is 0 Å².